The van der Waals surface area contributed by atoms with E-state index in [9.17, 15) is 45.3 Å². The first-order valence-electron chi connectivity index (χ1n) is 32.8. The summed E-state index contributed by atoms with van der Waals surface area (Å²) in [4.78, 5) is 26.0. The number of carbonyl (C=O) groups excluding carboxylic acids is 2. The molecule has 2 fully saturated rings. The summed E-state index contributed by atoms with van der Waals surface area (Å²) >= 11 is 0. The summed E-state index contributed by atoms with van der Waals surface area (Å²) in [5.41, 5.74) is 0. The fourth-order valence-corrected chi connectivity index (χ4v) is 10.7. The third-order valence-electron chi connectivity index (χ3n) is 16.0. The standard InChI is InChI=1S/C64H120O15/c1-3-5-7-9-11-13-15-17-19-21-23-25-27-28-30-32-34-36-38-40-42-44-46-55(66)74-49-52(50-75-63-62(73)60(71)58(69)54(79-63)51-76-64-61(72)59(70)57(68)53(48-65)78-64)77-56(67)47-45-43-41-39-37-35-33-31-29-26-24-22-20-18-16-14-12-10-8-6-4-2/h18,20,52-54,57-65,68-73H,3-17,19,21-51H2,1-2H3/b20-18+/t52-,53+,54+,57-,58-,59?,60?,61?,62?,63+,64+/m0/s1. The second-order valence-corrected chi connectivity index (χ2v) is 23.3. The molecule has 2 aliphatic rings. The molecule has 0 bridgehead atoms. The molecule has 2 rings (SSSR count). The van der Waals surface area contributed by atoms with Crippen molar-refractivity contribution in [3.05, 3.63) is 12.2 Å². The third-order valence-corrected chi connectivity index (χ3v) is 16.0. The second-order valence-electron chi connectivity index (χ2n) is 23.3. The smallest absolute Gasteiger partial charge is 0.306 e. The van der Waals surface area contributed by atoms with Crippen LogP contribution in [-0.2, 0) is 38.0 Å². The highest BCUT2D eigenvalue weighted by Crippen LogP contribution is 2.27. The van der Waals surface area contributed by atoms with E-state index < -0.39 is 92.7 Å². The number of ether oxygens (including phenoxy) is 6. The summed E-state index contributed by atoms with van der Waals surface area (Å²) in [5.74, 6) is -0.905. The number of rotatable bonds is 54. The van der Waals surface area contributed by atoms with Gasteiger partial charge >= 0.3 is 11.9 Å². The Balaban J connectivity index is 1.69. The van der Waals surface area contributed by atoms with Crippen LogP contribution in [0.5, 0.6) is 0 Å². The van der Waals surface area contributed by atoms with Crippen LogP contribution < -0.4 is 0 Å². The average Bonchev–Trinajstić information content (AvgIpc) is 3.52. The molecule has 2 aliphatic heterocycles. The molecule has 466 valence electrons. The summed E-state index contributed by atoms with van der Waals surface area (Å²) < 4.78 is 33.8. The Bertz CT molecular complexity index is 1420. The molecule has 0 aromatic heterocycles. The maximum Gasteiger partial charge on any atom is 0.306 e. The van der Waals surface area contributed by atoms with Crippen molar-refractivity contribution in [1.29, 1.82) is 0 Å². The zero-order valence-electron chi connectivity index (χ0n) is 50.1. The molecule has 0 aliphatic carbocycles. The van der Waals surface area contributed by atoms with Crippen LogP contribution >= 0.6 is 0 Å². The van der Waals surface area contributed by atoms with Crippen molar-refractivity contribution < 1.29 is 73.8 Å². The Morgan fingerprint density at radius 1 is 0.392 bits per heavy atom. The van der Waals surface area contributed by atoms with Crippen LogP contribution in [0.25, 0.3) is 0 Å². The van der Waals surface area contributed by atoms with Gasteiger partial charge in [-0.3, -0.25) is 9.59 Å². The highest BCUT2D eigenvalue weighted by molar-refractivity contribution is 5.70. The van der Waals surface area contributed by atoms with Gasteiger partial charge in [-0.1, -0.05) is 251 Å². The molecule has 0 radical (unpaired) electrons. The SMILES string of the molecule is CCCCCCCC/C=C/CCCCCCCCCCCCCC(=O)O[C@@H](COC(=O)CCCCCCCCCCCCCCCCCCCCCCCC)CO[C@@H]1O[C@H](CO[C@@H]2O[C@H](CO)[C@H](O)C(O)C2O)[C@H](O)C(O)C1O. The van der Waals surface area contributed by atoms with E-state index in [1.165, 1.54) is 212 Å². The number of hydrogen-bond donors (Lipinski definition) is 7. The molecular weight excluding hydrogens is 1010 g/mol. The molecule has 0 spiro atoms. The van der Waals surface area contributed by atoms with Gasteiger partial charge in [0.2, 0.25) is 0 Å². The summed E-state index contributed by atoms with van der Waals surface area (Å²) in [6.45, 7) is 2.67. The lowest BCUT2D eigenvalue weighted by Crippen LogP contribution is -2.61. The van der Waals surface area contributed by atoms with Crippen molar-refractivity contribution in [3.63, 3.8) is 0 Å². The van der Waals surface area contributed by atoms with Gasteiger partial charge < -0.3 is 64.2 Å². The number of aliphatic hydroxyl groups excluding tert-OH is 7. The van der Waals surface area contributed by atoms with Crippen molar-refractivity contribution in [2.24, 2.45) is 0 Å². The molecule has 0 aromatic carbocycles. The van der Waals surface area contributed by atoms with E-state index in [2.05, 4.69) is 26.0 Å². The van der Waals surface area contributed by atoms with Gasteiger partial charge in [0, 0.05) is 12.8 Å². The normalized spacial score (nSPS) is 23.9. The van der Waals surface area contributed by atoms with Crippen LogP contribution in [0.4, 0.5) is 0 Å². The van der Waals surface area contributed by atoms with E-state index in [0.29, 0.717) is 12.8 Å². The lowest BCUT2D eigenvalue weighted by atomic mass is 9.98. The van der Waals surface area contributed by atoms with Crippen molar-refractivity contribution in [1.82, 2.24) is 0 Å². The fraction of sp³-hybridized carbons (Fsp3) is 0.938. The molecule has 15 heteroatoms. The number of carbonyl (C=O) groups is 2. The van der Waals surface area contributed by atoms with Crippen LogP contribution in [0, 0.1) is 0 Å². The molecule has 7 N–H and O–H groups in total. The minimum Gasteiger partial charge on any atom is -0.462 e. The highest BCUT2D eigenvalue weighted by atomic mass is 16.7. The topological polar surface area (TPSA) is 231 Å². The van der Waals surface area contributed by atoms with Gasteiger partial charge in [-0.05, 0) is 38.5 Å². The minimum atomic E-state index is -1.76. The lowest BCUT2D eigenvalue weighted by molar-refractivity contribution is -0.332. The summed E-state index contributed by atoms with van der Waals surface area (Å²) in [7, 11) is 0. The number of aliphatic hydroxyl groups is 7. The number of esters is 2. The minimum absolute atomic E-state index is 0.170. The van der Waals surface area contributed by atoms with E-state index in [1.807, 2.05) is 0 Å². The van der Waals surface area contributed by atoms with Crippen molar-refractivity contribution >= 4 is 11.9 Å². The first-order chi connectivity index (χ1) is 38.5. The summed E-state index contributed by atoms with van der Waals surface area (Å²) in [6, 6.07) is 0. The van der Waals surface area contributed by atoms with Crippen molar-refractivity contribution in [2.45, 2.75) is 357 Å². The predicted octanol–water partition coefficient (Wildman–Crippen LogP) is 12.5. The fourth-order valence-electron chi connectivity index (χ4n) is 10.7. The quantitative estimate of drug-likeness (QED) is 0.0171. The molecular formula is C64H120O15. The lowest BCUT2D eigenvalue weighted by Gasteiger charge is -2.42. The number of hydrogen-bond acceptors (Lipinski definition) is 15. The molecule has 79 heavy (non-hydrogen) atoms. The Hall–Kier alpha value is -1.76. The maximum absolute atomic E-state index is 13.1. The molecule has 0 aromatic rings. The highest BCUT2D eigenvalue weighted by Gasteiger charge is 2.47. The van der Waals surface area contributed by atoms with E-state index in [0.717, 1.165) is 38.5 Å². The number of allylic oxidation sites excluding steroid dienone is 2. The van der Waals surface area contributed by atoms with E-state index in [1.54, 1.807) is 0 Å². The van der Waals surface area contributed by atoms with Gasteiger partial charge in [0.1, 0.15) is 55.4 Å². The van der Waals surface area contributed by atoms with Gasteiger partial charge in [0.05, 0.1) is 19.8 Å². The van der Waals surface area contributed by atoms with Gasteiger partial charge in [0.25, 0.3) is 0 Å². The number of unbranched alkanes of at least 4 members (excludes halogenated alkanes) is 38. The van der Waals surface area contributed by atoms with Crippen LogP contribution in [0.3, 0.4) is 0 Å². The molecule has 2 saturated heterocycles. The van der Waals surface area contributed by atoms with Crippen LogP contribution in [-0.4, -0.2) is 142 Å². The second kappa shape index (κ2) is 50.7. The monoisotopic (exact) mass is 1130 g/mol. The Morgan fingerprint density at radius 2 is 0.722 bits per heavy atom. The Labute approximate surface area is 480 Å². The Morgan fingerprint density at radius 3 is 1.11 bits per heavy atom. The molecule has 2 heterocycles. The molecule has 15 nitrogen and oxygen atoms in total. The van der Waals surface area contributed by atoms with Crippen molar-refractivity contribution in [2.75, 3.05) is 26.4 Å². The molecule has 0 saturated carbocycles. The van der Waals surface area contributed by atoms with Gasteiger partial charge in [-0.15, -0.1) is 0 Å². The average molecular weight is 1130 g/mol. The van der Waals surface area contributed by atoms with E-state index in [4.69, 9.17) is 28.4 Å². The van der Waals surface area contributed by atoms with Crippen LogP contribution in [0.15, 0.2) is 12.2 Å². The van der Waals surface area contributed by atoms with Crippen molar-refractivity contribution in [3.8, 4) is 0 Å². The van der Waals surface area contributed by atoms with Gasteiger partial charge in [-0.25, -0.2) is 0 Å². The maximum atomic E-state index is 13.1. The van der Waals surface area contributed by atoms with Crippen LogP contribution in [0.1, 0.15) is 290 Å². The molecule has 0 amide bonds. The third kappa shape index (κ3) is 37.2. The van der Waals surface area contributed by atoms with Gasteiger partial charge in [-0.2, -0.15) is 0 Å². The zero-order chi connectivity index (χ0) is 57.4. The molecule has 4 unspecified atom stereocenters. The molecule has 11 atom stereocenters. The predicted molar refractivity (Wildman–Crippen MR) is 312 cm³/mol. The summed E-state index contributed by atoms with van der Waals surface area (Å²) in [6.07, 6.45) is 39.5. The summed E-state index contributed by atoms with van der Waals surface area (Å²) in [5, 5.41) is 72.5. The van der Waals surface area contributed by atoms with E-state index >= 15 is 0 Å². The first kappa shape index (κ1) is 73.3. The van der Waals surface area contributed by atoms with Crippen LogP contribution in [0.2, 0.25) is 0 Å². The first-order valence-corrected chi connectivity index (χ1v) is 32.8. The largest absolute Gasteiger partial charge is 0.462 e. The van der Waals surface area contributed by atoms with Gasteiger partial charge in [0.15, 0.2) is 18.7 Å². The Kier molecular flexibility index (Phi) is 47.1. The zero-order valence-corrected chi connectivity index (χ0v) is 50.1. The van der Waals surface area contributed by atoms with E-state index in [-0.39, 0.29) is 26.1 Å².